The molecule has 15 heavy (non-hydrogen) atoms. The Balaban J connectivity index is 2.72. The molecule has 0 unspecified atom stereocenters. The molecule has 1 aromatic carbocycles. The number of hydrogen-bond donors (Lipinski definition) is 2. The Hall–Kier alpha value is -1.06. The van der Waals surface area contributed by atoms with Gasteiger partial charge in [-0.05, 0) is 38.5 Å². The zero-order valence-corrected chi connectivity index (χ0v) is 9.53. The summed E-state index contributed by atoms with van der Waals surface area (Å²) in [5.74, 6) is 0.816. The third-order valence-electron chi connectivity index (χ3n) is 1.93. The molecular formula is C12H19NO2. The summed E-state index contributed by atoms with van der Waals surface area (Å²) in [6, 6.07) is 7.18. The molecular weight excluding hydrogens is 190 g/mol. The molecule has 3 nitrogen and oxygen atoms in total. The smallest absolute Gasteiger partial charge is 0.120 e. The lowest BCUT2D eigenvalue weighted by molar-refractivity contribution is 0.131. The summed E-state index contributed by atoms with van der Waals surface area (Å²) >= 11 is 0. The maximum Gasteiger partial charge on any atom is 0.120 e. The van der Waals surface area contributed by atoms with Crippen molar-refractivity contribution in [3.05, 3.63) is 29.8 Å². The van der Waals surface area contributed by atoms with Gasteiger partial charge in [-0.25, -0.2) is 0 Å². The van der Waals surface area contributed by atoms with Gasteiger partial charge in [-0.15, -0.1) is 0 Å². The second-order valence-electron chi connectivity index (χ2n) is 4.57. The highest BCUT2D eigenvalue weighted by atomic mass is 16.5. The molecule has 0 radical (unpaired) electrons. The second kappa shape index (κ2) is 4.64. The van der Waals surface area contributed by atoms with Gasteiger partial charge in [-0.3, -0.25) is 0 Å². The summed E-state index contributed by atoms with van der Waals surface area (Å²) < 4.78 is 5.67. The number of nitrogens with two attached hydrogens (primary N) is 1. The fourth-order valence-corrected chi connectivity index (χ4v) is 1.24. The molecule has 0 aliphatic heterocycles. The van der Waals surface area contributed by atoms with Crippen LogP contribution >= 0.6 is 0 Å². The van der Waals surface area contributed by atoms with E-state index < -0.39 is 0 Å². The van der Waals surface area contributed by atoms with Crippen molar-refractivity contribution < 1.29 is 9.84 Å². The van der Waals surface area contributed by atoms with Gasteiger partial charge >= 0.3 is 0 Å². The Morgan fingerprint density at radius 2 is 1.80 bits per heavy atom. The quantitative estimate of drug-likeness (QED) is 0.798. The van der Waals surface area contributed by atoms with Crippen LogP contribution in [0.3, 0.4) is 0 Å². The van der Waals surface area contributed by atoms with E-state index in [0.717, 1.165) is 11.3 Å². The number of aliphatic hydroxyl groups is 1. The van der Waals surface area contributed by atoms with E-state index in [1.807, 2.05) is 45.0 Å². The maximum absolute atomic E-state index is 8.89. The molecule has 0 saturated carbocycles. The molecule has 3 N–H and O–H groups in total. The first-order chi connectivity index (χ1) is 6.92. The molecule has 0 aliphatic carbocycles. The predicted octanol–water partition coefficient (Wildman–Crippen LogP) is 1.86. The number of aliphatic hydroxyl groups excluding tert-OH is 1. The van der Waals surface area contributed by atoms with Crippen LogP contribution in [-0.2, 0) is 0 Å². The van der Waals surface area contributed by atoms with Crippen molar-refractivity contribution in [1.29, 1.82) is 0 Å². The summed E-state index contributed by atoms with van der Waals surface area (Å²) in [7, 11) is 0. The van der Waals surface area contributed by atoms with E-state index in [1.165, 1.54) is 0 Å². The fourth-order valence-electron chi connectivity index (χ4n) is 1.24. The third-order valence-corrected chi connectivity index (χ3v) is 1.93. The minimum atomic E-state index is -0.311. The van der Waals surface area contributed by atoms with Gasteiger partial charge < -0.3 is 15.6 Å². The van der Waals surface area contributed by atoms with E-state index in [2.05, 4.69) is 0 Å². The normalized spacial score (nSPS) is 13.7. The van der Waals surface area contributed by atoms with E-state index >= 15 is 0 Å². The van der Waals surface area contributed by atoms with Crippen LogP contribution in [0, 0.1) is 0 Å². The molecule has 0 amide bonds. The lowest BCUT2D eigenvalue weighted by Crippen LogP contribution is -2.23. The average molecular weight is 209 g/mol. The molecule has 0 aliphatic rings. The summed E-state index contributed by atoms with van der Waals surface area (Å²) in [6.45, 7) is 5.96. The first-order valence-electron chi connectivity index (χ1n) is 5.08. The maximum atomic E-state index is 8.89. The van der Waals surface area contributed by atoms with Crippen LogP contribution < -0.4 is 10.5 Å². The zero-order valence-electron chi connectivity index (χ0n) is 9.53. The minimum absolute atomic E-state index is 0.0422. The molecule has 3 heteroatoms. The Morgan fingerprint density at radius 1 is 1.27 bits per heavy atom. The van der Waals surface area contributed by atoms with Gasteiger partial charge in [0, 0.05) is 0 Å². The highest BCUT2D eigenvalue weighted by Crippen LogP contribution is 2.20. The molecule has 1 rings (SSSR count). The van der Waals surface area contributed by atoms with Crippen molar-refractivity contribution >= 4 is 0 Å². The molecule has 84 valence electrons. The fraction of sp³-hybridized carbons (Fsp3) is 0.500. The Morgan fingerprint density at radius 3 is 2.20 bits per heavy atom. The van der Waals surface area contributed by atoms with Crippen LogP contribution in [-0.4, -0.2) is 17.3 Å². The summed E-state index contributed by atoms with van der Waals surface area (Å²) in [4.78, 5) is 0. The van der Waals surface area contributed by atoms with Gasteiger partial charge in [-0.1, -0.05) is 12.1 Å². The molecule has 0 heterocycles. The van der Waals surface area contributed by atoms with Crippen molar-refractivity contribution in [1.82, 2.24) is 0 Å². The number of benzene rings is 1. The van der Waals surface area contributed by atoms with Gasteiger partial charge in [0.1, 0.15) is 11.4 Å². The Kier molecular flexibility index (Phi) is 3.72. The summed E-state index contributed by atoms with van der Waals surface area (Å²) in [5.41, 5.74) is 6.40. The molecule has 1 aromatic rings. The highest BCUT2D eigenvalue weighted by Gasteiger charge is 2.11. The number of hydrogen-bond acceptors (Lipinski definition) is 3. The molecule has 0 saturated heterocycles. The van der Waals surface area contributed by atoms with Crippen LogP contribution in [0.15, 0.2) is 24.3 Å². The minimum Gasteiger partial charge on any atom is -0.488 e. The standard InChI is InChI=1S/C12H19NO2/c1-12(2,3)15-10-6-4-9(5-7-10)11(13)8-14/h4-7,11,14H,8,13H2,1-3H3/t11-/m1/s1. The van der Waals surface area contributed by atoms with Gasteiger partial charge in [0.15, 0.2) is 0 Å². The average Bonchev–Trinajstić information content (AvgIpc) is 2.15. The van der Waals surface area contributed by atoms with Gasteiger partial charge in [-0.2, -0.15) is 0 Å². The van der Waals surface area contributed by atoms with E-state index in [9.17, 15) is 0 Å². The monoisotopic (exact) mass is 209 g/mol. The van der Waals surface area contributed by atoms with Gasteiger partial charge in [0.2, 0.25) is 0 Å². The third kappa shape index (κ3) is 3.90. The molecule has 1 atom stereocenters. The molecule has 0 fully saturated rings. The number of rotatable bonds is 3. The lowest BCUT2D eigenvalue weighted by atomic mass is 10.1. The molecule has 0 spiro atoms. The zero-order chi connectivity index (χ0) is 11.5. The summed E-state index contributed by atoms with van der Waals surface area (Å²) in [6.07, 6.45) is 0. The van der Waals surface area contributed by atoms with Crippen LogP contribution in [0.4, 0.5) is 0 Å². The predicted molar refractivity (Wildman–Crippen MR) is 60.8 cm³/mol. The Labute approximate surface area is 90.9 Å². The van der Waals surface area contributed by atoms with E-state index in [4.69, 9.17) is 15.6 Å². The van der Waals surface area contributed by atoms with Crippen LogP contribution in [0.1, 0.15) is 32.4 Å². The number of ether oxygens (including phenoxy) is 1. The molecule has 0 aromatic heterocycles. The second-order valence-corrected chi connectivity index (χ2v) is 4.57. The van der Waals surface area contributed by atoms with Crippen molar-refractivity contribution in [2.75, 3.05) is 6.61 Å². The van der Waals surface area contributed by atoms with Crippen molar-refractivity contribution in [3.8, 4) is 5.75 Å². The Bertz CT molecular complexity index is 300. The highest BCUT2D eigenvalue weighted by molar-refractivity contribution is 5.29. The van der Waals surface area contributed by atoms with E-state index in [1.54, 1.807) is 0 Å². The first kappa shape index (κ1) is 12.0. The lowest BCUT2D eigenvalue weighted by Gasteiger charge is -2.21. The van der Waals surface area contributed by atoms with Crippen LogP contribution in [0.25, 0.3) is 0 Å². The first-order valence-corrected chi connectivity index (χ1v) is 5.08. The van der Waals surface area contributed by atoms with Crippen molar-refractivity contribution in [2.45, 2.75) is 32.4 Å². The van der Waals surface area contributed by atoms with Crippen LogP contribution in [0.2, 0.25) is 0 Å². The van der Waals surface area contributed by atoms with Crippen molar-refractivity contribution in [3.63, 3.8) is 0 Å². The SMILES string of the molecule is CC(C)(C)Oc1ccc([C@H](N)CO)cc1. The molecule has 0 bridgehead atoms. The van der Waals surface area contributed by atoms with Gasteiger partial charge in [0.05, 0.1) is 12.6 Å². The van der Waals surface area contributed by atoms with Crippen molar-refractivity contribution in [2.24, 2.45) is 5.73 Å². The summed E-state index contributed by atoms with van der Waals surface area (Å²) in [5, 5.41) is 8.89. The van der Waals surface area contributed by atoms with Gasteiger partial charge in [0.25, 0.3) is 0 Å². The largest absolute Gasteiger partial charge is 0.488 e. The van der Waals surface area contributed by atoms with Crippen LogP contribution in [0.5, 0.6) is 5.75 Å². The van der Waals surface area contributed by atoms with E-state index in [-0.39, 0.29) is 18.2 Å². The van der Waals surface area contributed by atoms with E-state index in [0.29, 0.717) is 0 Å². The topological polar surface area (TPSA) is 55.5 Å².